The quantitative estimate of drug-likeness (QED) is 0.461. The fourth-order valence-corrected chi connectivity index (χ4v) is 1.99. The SMILES string of the molecule is CCC[N+](CCC)(N(C)C)N(C)C. The van der Waals surface area contributed by atoms with Gasteiger partial charge in [0.05, 0.1) is 0 Å². The van der Waals surface area contributed by atoms with Gasteiger partial charge in [-0.05, 0) is 12.8 Å². The number of nitrogens with zero attached hydrogens (tertiary/aromatic N) is 3. The summed E-state index contributed by atoms with van der Waals surface area (Å²) in [6, 6.07) is 0. The van der Waals surface area contributed by atoms with Crippen LogP contribution >= 0.6 is 0 Å². The van der Waals surface area contributed by atoms with Gasteiger partial charge in [0.1, 0.15) is 13.1 Å². The molecule has 0 unspecified atom stereocenters. The van der Waals surface area contributed by atoms with Crippen LogP contribution in [0, 0.1) is 0 Å². The molecule has 0 aliphatic heterocycles. The number of rotatable bonds is 6. The van der Waals surface area contributed by atoms with Crippen molar-refractivity contribution in [1.29, 1.82) is 0 Å². The Morgan fingerprint density at radius 3 is 1.23 bits per heavy atom. The van der Waals surface area contributed by atoms with Crippen LogP contribution in [-0.4, -0.2) is 56.0 Å². The van der Waals surface area contributed by atoms with Crippen molar-refractivity contribution < 1.29 is 4.70 Å². The zero-order valence-electron chi connectivity index (χ0n) is 10.2. The van der Waals surface area contributed by atoms with Gasteiger partial charge in [-0.2, -0.15) is 4.70 Å². The second-order valence-electron chi connectivity index (χ2n) is 4.02. The highest BCUT2D eigenvalue weighted by Crippen LogP contribution is 2.13. The van der Waals surface area contributed by atoms with E-state index >= 15 is 0 Å². The van der Waals surface area contributed by atoms with E-state index in [1.54, 1.807) is 0 Å². The highest BCUT2D eigenvalue weighted by Gasteiger charge is 2.32. The molecule has 0 fully saturated rings. The molecule has 0 amide bonds. The van der Waals surface area contributed by atoms with E-state index in [-0.39, 0.29) is 0 Å². The van der Waals surface area contributed by atoms with Gasteiger partial charge in [0, 0.05) is 28.2 Å². The lowest BCUT2D eigenvalue weighted by Crippen LogP contribution is -2.65. The molecule has 13 heavy (non-hydrogen) atoms. The fraction of sp³-hybridized carbons (Fsp3) is 1.00. The van der Waals surface area contributed by atoms with Crippen molar-refractivity contribution in [2.24, 2.45) is 0 Å². The van der Waals surface area contributed by atoms with Gasteiger partial charge in [0.15, 0.2) is 0 Å². The molecule has 3 nitrogen and oxygen atoms in total. The summed E-state index contributed by atoms with van der Waals surface area (Å²) in [7, 11) is 8.63. The van der Waals surface area contributed by atoms with Crippen LogP contribution in [0.25, 0.3) is 0 Å². The third-order valence-electron chi connectivity index (χ3n) is 2.65. The van der Waals surface area contributed by atoms with Gasteiger partial charge in [-0.25, -0.2) is 0 Å². The van der Waals surface area contributed by atoms with Gasteiger partial charge >= 0.3 is 0 Å². The molecule has 0 bridgehead atoms. The average Bonchev–Trinajstić information content (AvgIpc) is 2.03. The van der Waals surface area contributed by atoms with E-state index in [9.17, 15) is 0 Å². The molecule has 0 aliphatic rings. The van der Waals surface area contributed by atoms with Crippen molar-refractivity contribution in [3.05, 3.63) is 0 Å². The Morgan fingerprint density at radius 2 is 1.08 bits per heavy atom. The normalized spacial score (nSPS) is 12.9. The first kappa shape index (κ1) is 12.9. The van der Waals surface area contributed by atoms with Crippen molar-refractivity contribution in [3.8, 4) is 0 Å². The van der Waals surface area contributed by atoms with Crippen LogP contribution in [0.3, 0.4) is 0 Å². The molecule has 0 saturated heterocycles. The first-order valence-electron chi connectivity index (χ1n) is 5.24. The molecule has 0 aromatic carbocycles. The van der Waals surface area contributed by atoms with E-state index in [1.165, 1.54) is 25.9 Å². The Hall–Kier alpha value is -0.120. The predicted molar refractivity (Wildman–Crippen MR) is 58.0 cm³/mol. The summed E-state index contributed by atoms with van der Waals surface area (Å²) in [5.74, 6) is 0. The molecule has 0 N–H and O–H groups in total. The van der Waals surface area contributed by atoms with Crippen LogP contribution < -0.4 is 0 Å². The lowest BCUT2D eigenvalue weighted by atomic mass is 10.4. The molecule has 0 saturated carbocycles. The predicted octanol–water partition coefficient (Wildman–Crippen LogP) is 1.58. The van der Waals surface area contributed by atoms with Gasteiger partial charge in [0.25, 0.3) is 0 Å². The van der Waals surface area contributed by atoms with E-state index in [0.29, 0.717) is 0 Å². The van der Waals surface area contributed by atoms with Crippen molar-refractivity contribution in [2.75, 3.05) is 41.3 Å². The van der Waals surface area contributed by atoms with Crippen LogP contribution in [0.15, 0.2) is 0 Å². The maximum atomic E-state index is 2.30. The summed E-state index contributed by atoms with van der Waals surface area (Å²) >= 11 is 0. The Balaban J connectivity index is 4.59. The standard InChI is InChI=1S/C10H26N3/c1-7-9-13(10-8-2,11(3)4)12(5)6/h7-10H2,1-6H3/q+1. The molecule has 0 radical (unpaired) electrons. The summed E-state index contributed by atoms with van der Waals surface area (Å²) in [5, 5.41) is 4.60. The number of quaternary nitrogens is 1. The Labute approximate surface area is 83.5 Å². The van der Waals surface area contributed by atoms with E-state index in [1.807, 2.05) is 0 Å². The molecular formula is C10H26N3+. The van der Waals surface area contributed by atoms with Crippen LogP contribution in [0.2, 0.25) is 0 Å². The van der Waals surface area contributed by atoms with E-state index in [4.69, 9.17) is 0 Å². The van der Waals surface area contributed by atoms with Gasteiger partial charge in [-0.1, -0.05) is 13.8 Å². The molecule has 0 rings (SSSR count). The van der Waals surface area contributed by atoms with Crippen LogP contribution in [-0.2, 0) is 0 Å². The fourth-order valence-electron chi connectivity index (χ4n) is 1.99. The van der Waals surface area contributed by atoms with E-state index in [0.717, 1.165) is 4.70 Å². The summed E-state index contributed by atoms with van der Waals surface area (Å²) < 4.78 is 0.965. The van der Waals surface area contributed by atoms with Gasteiger partial charge in [-0.15, -0.1) is 10.0 Å². The zero-order valence-corrected chi connectivity index (χ0v) is 10.2. The number of hydrogen-bond donors (Lipinski definition) is 0. The smallest absolute Gasteiger partial charge is 0.115 e. The third-order valence-corrected chi connectivity index (χ3v) is 2.65. The summed E-state index contributed by atoms with van der Waals surface area (Å²) in [5.41, 5.74) is 0. The molecule has 80 valence electrons. The minimum atomic E-state index is 0.965. The topological polar surface area (TPSA) is 6.48 Å². The lowest BCUT2D eigenvalue weighted by Gasteiger charge is -2.45. The van der Waals surface area contributed by atoms with Crippen LogP contribution in [0.5, 0.6) is 0 Å². The van der Waals surface area contributed by atoms with Crippen molar-refractivity contribution in [1.82, 2.24) is 10.0 Å². The molecule has 0 aromatic rings. The largest absolute Gasteiger partial charge is 0.167 e. The number of hydrogen-bond acceptors (Lipinski definition) is 2. The Kier molecular flexibility index (Phi) is 5.53. The second kappa shape index (κ2) is 5.58. The van der Waals surface area contributed by atoms with Crippen molar-refractivity contribution in [3.63, 3.8) is 0 Å². The Bertz CT molecular complexity index is 116. The zero-order chi connectivity index (χ0) is 10.5. The minimum Gasteiger partial charge on any atom is -0.167 e. The summed E-state index contributed by atoms with van der Waals surface area (Å²) in [6.45, 7) is 6.87. The molecule has 0 aliphatic carbocycles. The first-order chi connectivity index (χ1) is 6.01. The molecule has 3 heteroatoms. The molecule has 0 heterocycles. The lowest BCUT2D eigenvalue weighted by molar-refractivity contribution is -1.12. The molecular weight excluding hydrogens is 162 g/mol. The maximum absolute atomic E-state index is 2.30. The maximum Gasteiger partial charge on any atom is 0.115 e. The molecule has 0 aromatic heterocycles. The minimum absolute atomic E-state index is 0.965. The Morgan fingerprint density at radius 1 is 0.769 bits per heavy atom. The van der Waals surface area contributed by atoms with Gasteiger partial charge < -0.3 is 0 Å². The van der Waals surface area contributed by atoms with Crippen molar-refractivity contribution >= 4 is 0 Å². The summed E-state index contributed by atoms with van der Waals surface area (Å²) in [6.07, 6.45) is 2.44. The van der Waals surface area contributed by atoms with E-state index in [2.05, 4.69) is 52.1 Å². The van der Waals surface area contributed by atoms with E-state index < -0.39 is 0 Å². The van der Waals surface area contributed by atoms with Crippen LogP contribution in [0.1, 0.15) is 26.7 Å². The third kappa shape index (κ3) is 2.93. The first-order valence-corrected chi connectivity index (χ1v) is 5.24. The molecule has 0 atom stereocenters. The second-order valence-corrected chi connectivity index (χ2v) is 4.02. The molecule has 0 spiro atoms. The summed E-state index contributed by atoms with van der Waals surface area (Å²) in [4.78, 5) is 0. The average molecular weight is 188 g/mol. The van der Waals surface area contributed by atoms with Gasteiger partial charge in [-0.3, -0.25) is 0 Å². The van der Waals surface area contributed by atoms with Gasteiger partial charge in [0.2, 0.25) is 0 Å². The van der Waals surface area contributed by atoms with Crippen LogP contribution in [0.4, 0.5) is 0 Å². The highest BCUT2D eigenvalue weighted by atomic mass is 16.0. The van der Waals surface area contributed by atoms with Crippen molar-refractivity contribution in [2.45, 2.75) is 26.7 Å². The highest BCUT2D eigenvalue weighted by molar-refractivity contribution is 4.35. The monoisotopic (exact) mass is 188 g/mol.